The second-order valence-electron chi connectivity index (χ2n) is 8.60. The van der Waals surface area contributed by atoms with Gasteiger partial charge in [-0.05, 0) is 49.6 Å². The molecule has 1 saturated heterocycles. The Morgan fingerprint density at radius 3 is 2.50 bits per heavy atom. The van der Waals surface area contributed by atoms with E-state index in [1.165, 1.54) is 30.3 Å². The highest BCUT2D eigenvalue weighted by molar-refractivity contribution is 6.04. The van der Waals surface area contributed by atoms with Crippen LogP contribution in [0.4, 0.5) is 10.2 Å². The molecule has 0 aliphatic carbocycles. The predicted octanol–water partition coefficient (Wildman–Crippen LogP) is 3.99. The van der Waals surface area contributed by atoms with Crippen molar-refractivity contribution in [2.45, 2.75) is 32.3 Å². The number of hydrogen-bond donors (Lipinski definition) is 2. The maximum Gasteiger partial charge on any atom is 0.257 e. The first-order chi connectivity index (χ1) is 17.4. The first-order valence-corrected chi connectivity index (χ1v) is 11.9. The molecule has 0 bridgehead atoms. The number of likely N-dealkylation sites (tertiary alicyclic amines) is 1. The number of carbonyl (C=O) groups is 2. The molecule has 1 aliphatic rings. The summed E-state index contributed by atoms with van der Waals surface area (Å²) in [5.74, 6) is -0.681. The van der Waals surface area contributed by atoms with Crippen LogP contribution in [-0.4, -0.2) is 57.4 Å². The van der Waals surface area contributed by atoms with Gasteiger partial charge in [-0.1, -0.05) is 6.92 Å². The van der Waals surface area contributed by atoms with Crippen molar-refractivity contribution in [3.63, 3.8) is 0 Å². The van der Waals surface area contributed by atoms with Gasteiger partial charge in [0.05, 0.1) is 6.61 Å². The fourth-order valence-corrected chi connectivity index (χ4v) is 3.89. The molecule has 2 aromatic carbocycles. The molecule has 2 amide bonds. The molecule has 1 aromatic heterocycles. The largest absolute Gasteiger partial charge is 0.488 e. The number of rotatable bonds is 9. The molecule has 1 fully saturated rings. The third-order valence-corrected chi connectivity index (χ3v) is 5.86. The molecule has 10 heteroatoms. The van der Waals surface area contributed by atoms with Gasteiger partial charge in [0, 0.05) is 49.6 Å². The van der Waals surface area contributed by atoms with Crippen LogP contribution >= 0.6 is 0 Å². The molecule has 0 spiro atoms. The highest BCUT2D eigenvalue weighted by Gasteiger charge is 2.21. The van der Waals surface area contributed by atoms with Crippen LogP contribution in [0.15, 0.2) is 48.7 Å². The van der Waals surface area contributed by atoms with Crippen LogP contribution in [0, 0.1) is 5.82 Å². The zero-order chi connectivity index (χ0) is 25.7. The monoisotopic (exact) mass is 496 g/mol. The van der Waals surface area contributed by atoms with E-state index in [2.05, 4.69) is 10.4 Å². The lowest BCUT2D eigenvalue weighted by Crippen LogP contribution is -2.27. The maximum atomic E-state index is 14.9. The molecule has 190 valence electrons. The van der Waals surface area contributed by atoms with E-state index in [0.717, 1.165) is 18.9 Å². The van der Waals surface area contributed by atoms with E-state index in [0.29, 0.717) is 25.3 Å². The zero-order valence-corrected chi connectivity index (χ0v) is 20.2. The molecule has 2 N–H and O–H groups in total. The van der Waals surface area contributed by atoms with E-state index in [1.807, 2.05) is 6.92 Å². The lowest BCUT2D eigenvalue weighted by atomic mass is 10.1. The topological polar surface area (TPSA) is 106 Å². The van der Waals surface area contributed by atoms with E-state index >= 15 is 0 Å². The van der Waals surface area contributed by atoms with Crippen LogP contribution in [0.2, 0.25) is 0 Å². The smallest absolute Gasteiger partial charge is 0.257 e. The number of carbonyl (C=O) groups excluding carboxylic acids is 2. The summed E-state index contributed by atoms with van der Waals surface area (Å²) in [6.45, 7) is 2.98. The summed E-state index contributed by atoms with van der Waals surface area (Å²) < 4.78 is 28.0. The van der Waals surface area contributed by atoms with Crippen LogP contribution in [0.5, 0.6) is 17.2 Å². The fourth-order valence-electron chi connectivity index (χ4n) is 3.89. The van der Waals surface area contributed by atoms with Crippen molar-refractivity contribution in [2.24, 2.45) is 7.05 Å². The van der Waals surface area contributed by atoms with E-state index in [-0.39, 0.29) is 40.9 Å². The van der Waals surface area contributed by atoms with Gasteiger partial charge in [-0.2, -0.15) is 5.10 Å². The van der Waals surface area contributed by atoms with Gasteiger partial charge < -0.3 is 24.8 Å². The number of amides is 2. The van der Waals surface area contributed by atoms with Crippen molar-refractivity contribution in [1.29, 1.82) is 0 Å². The number of nitrogens with zero attached hydrogens (tertiary/aromatic N) is 3. The highest BCUT2D eigenvalue weighted by atomic mass is 19.1. The molecule has 0 radical (unpaired) electrons. The Morgan fingerprint density at radius 1 is 1.11 bits per heavy atom. The van der Waals surface area contributed by atoms with Gasteiger partial charge in [-0.3, -0.25) is 14.3 Å². The Morgan fingerprint density at radius 2 is 1.86 bits per heavy atom. The average Bonchev–Trinajstić information content (AvgIpc) is 3.55. The first kappa shape index (κ1) is 25.2. The van der Waals surface area contributed by atoms with Crippen LogP contribution < -0.4 is 14.8 Å². The first-order valence-electron chi connectivity index (χ1n) is 11.9. The molecule has 0 saturated carbocycles. The summed E-state index contributed by atoms with van der Waals surface area (Å²) in [6, 6.07) is 10.2. The molecule has 3 aromatic rings. The minimum absolute atomic E-state index is 0.101. The summed E-state index contributed by atoms with van der Waals surface area (Å²) in [4.78, 5) is 27.2. The fraction of sp³-hybridized carbons (Fsp3) is 0.346. The van der Waals surface area contributed by atoms with Gasteiger partial charge in [-0.15, -0.1) is 0 Å². The Bertz CT molecular complexity index is 1230. The number of aliphatic hydroxyl groups excluding tert-OH is 1. The van der Waals surface area contributed by atoms with Crippen LogP contribution in [0.3, 0.4) is 0 Å². The van der Waals surface area contributed by atoms with Gasteiger partial charge in [-0.25, -0.2) is 4.39 Å². The maximum absolute atomic E-state index is 14.9. The number of aryl methyl sites for hydroxylation is 1. The zero-order valence-electron chi connectivity index (χ0n) is 20.2. The van der Waals surface area contributed by atoms with E-state index in [9.17, 15) is 19.1 Å². The number of ether oxygens (including phenoxy) is 2. The van der Waals surface area contributed by atoms with E-state index in [1.54, 1.807) is 28.9 Å². The molecule has 1 unspecified atom stereocenters. The lowest BCUT2D eigenvalue weighted by molar-refractivity contribution is 0.0792. The number of nitrogens with one attached hydrogen (secondary N) is 1. The second-order valence-corrected chi connectivity index (χ2v) is 8.60. The summed E-state index contributed by atoms with van der Waals surface area (Å²) in [5, 5.41) is 16.4. The normalized spacial score (nSPS) is 13.9. The van der Waals surface area contributed by atoms with Crippen molar-refractivity contribution in [3.8, 4) is 17.2 Å². The average molecular weight is 497 g/mol. The van der Waals surface area contributed by atoms with Crippen molar-refractivity contribution >= 4 is 17.6 Å². The molecular weight excluding hydrogens is 467 g/mol. The number of aliphatic hydroxyl groups is 1. The molecule has 2 heterocycles. The van der Waals surface area contributed by atoms with E-state index in [4.69, 9.17) is 9.47 Å². The summed E-state index contributed by atoms with van der Waals surface area (Å²) >= 11 is 0. The number of hydrogen-bond acceptors (Lipinski definition) is 6. The van der Waals surface area contributed by atoms with Gasteiger partial charge in [0.15, 0.2) is 17.4 Å². The van der Waals surface area contributed by atoms with Crippen LogP contribution in [0.25, 0.3) is 0 Å². The van der Waals surface area contributed by atoms with Crippen molar-refractivity contribution < 1.29 is 28.6 Å². The number of halogens is 1. The van der Waals surface area contributed by atoms with E-state index < -0.39 is 17.8 Å². The lowest BCUT2D eigenvalue weighted by Gasteiger charge is -2.18. The summed E-state index contributed by atoms with van der Waals surface area (Å²) in [6.07, 6.45) is 3.63. The Labute approximate surface area is 208 Å². The molecule has 36 heavy (non-hydrogen) atoms. The number of benzene rings is 2. The van der Waals surface area contributed by atoms with Crippen molar-refractivity contribution in [2.75, 3.05) is 25.0 Å². The van der Waals surface area contributed by atoms with Gasteiger partial charge >= 0.3 is 0 Å². The van der Waals surface area contributed by atoms with Crippen LogP contribution in [0.1, 0.15) is 46.9 Å². The molecule has 9 nitrogen and oxygen atoms in total. The Hall–Kier alpha value is -3.92. The third kappa shape index (κ3) is 6.01. The number of aromatic nitrogens is 2. The minimum Gasteiger partial charge on any atom is -0.488 e. The van der Waals surface area contributed by atoms with Gasteiger partial charge in [0.2, 0.25) is 0 Å². The molecule has 1 atom stereocenters. The summed E-state index contributed by atoms with van der Waals surface area (Å²) in [5.41, 5.74) is 0.449. The van der Waals surface area contributed by atoms with Crippen molar-refractivity contribution in [1.82, 2.24) is 14.7 Å². The van der Waals surface area contributed by atoms with Crippen molar-refractivity contribution in [3.05, 3.63) is 65.6 Å². The predicted molar refractivity (Wildman–Crippen MR) is 131 cm³/mol. The SMILES string of the molecule is CCC(CO)Oc1cc(Oc2ccc(C(=O)N3CCCC3)cc2F)cc(C(=O)Nc2ccn(C)n2)c1. The van der Waals surface area contributed by atoms with Gasteiger partial charge in [0.25, 0.3) is 11.8 Å². The second kappa shape index (κ2) is 11.2. The van der Waals surface area contributed by atoms with Crippen LogP contribution in [-0.2, 0) is 7.05 Å². The highest BCUT2D eigenvalue weighted by Crippen LogP contribution is 2.31. The molecular formula is C26H29FN4O5. The molecule has 4 rings (SSSR count). The Balaban J connectivity index is 1.58. The minimum atomic E-state index is -0.701. The standard InChI is InChI=1S/C26H29FN4O5/c1-3-19(16-32)35-20-12-18(25(33)28-24-8-11-30(2)29-24)13-21(15-20)36-23-7-6-17(14-22(23)27)26(34)31-9-4-5-10-31/h6-8,11-15,19,32H,3-5,9-10,16H2,1-2H3,(H,28,29,33). The number of anilines is 1. The Kier molecular flexibility index (Phi) is 7.84. The third-order valence-electron chi connectivity index (χ3n) is 5.86. The quantitative estimate of drug-likeness (QED) is 0.464. The van der Waals surface area contributed by atoms with Gasteiger partial charge in [0.1, 0.15) is 17.6 Å². The summed E-state index contributed by atoms with van der Waals surface area (Å²) in [7, 11) is 1.73. The molecule has 1 aliphatic heterocycles.